The van der Waals surface area contributed by atoms with E-state index < -0.39 is 0 Å². The van der Waals surface area contributed by atoms with Crippen molar-refractivity contribution in [3.63, 3.8) is 0 Å². The van der Waals surface area contributed by atoms with Crippen molar-refractivity contribution < 1.29 is 0 Å². The van der Waals surface area contributed by atoms with Crippen LogP contribution in [0.4, 0.5) is 0 Å². The summed E-state index contributed by atoms with van der Waals surface area (Å²) >= 11 is 0. The van der Waals surface area contributed by atoms with Gasteiger partial charge in [0, 0.05) is 30.4 Å². The summed E-state index contributed by atoms with van der Waals surface area (Å²) in [5.74, 6) is 0.487. The Morgan fingerprint density at radius 2 is 2.05 bits per heavy atom. The smallest absolute Gasteiger partial charge is 0.0492 e. The highest BCUT2D eigenvalue weighted by Crippen LogP contribution is 2.41. The largest absolute Gasteiger partial charge is 0.325 e. The minimum Gasteiger partial charge on any atom is -0.325 e. The van der Waals surface area contributed by atoms with E-state index in [2.05, 4.69) is 41.5 Å². The molecular formula is C18H25N3. The summed E-state index contributed by atoms with van der Waals surface area (Å²) in [5.41, 5.74) is 9.48. The fraction of sp³-hybridized carbons (Fsp3) is 0.500. The first-order valence-corrected chi connectivity index (χ1v) is 8.00. The quantitative estimate of drug-likeness (QED) is 0.934. The summed E-state index contributed by atoms with van der Waals surface area (Å²) in [6, 6.07) is 12.9. The third-order valence-corrected chi connectivity index (χ3v) is 5.05. The van der Waals surface area contributed by atoms with Gasteiger partial charge < -0.3 is 5.73 Å². The molecule has 1 aromatic heterocycles. The SMILES string of the molecule is Cn1nccc1CCC1(N)CCCCC1c1ccccc1. The maximum atomic E-state index is 6.87. The fourth-order valence-corrected chi connectivity index (χ4v) is 3.75. The van der Waals surface area contributed by atoms with Gasteiger partial charge in [-0.15, -0.1) is 0 Å². The van der Waals surface area contributed by atoms with E-state index in [0.29, 0.717) is 5.92 Å². The van der Waals surface area contributed by atoms with Gasteiger partial charge in [-0.2, -0.15) is 5.10 Å². The van der Waals surface area contributed by atoms with E-state index >= 15 is 0 Å². The number of benzene rings is 1. The first-order valence-electron chi connectivity index (χ1n) is 8.00. The molecule has 2 unspecified atom stereocenters. The molecule has 1 saturated carbocycles. The molecule has 2 aromatic rings. The van der Waals surface area contributed by atoms with Crippen LogP contribution in [0.25, 0.3) is 0 Å². The monoisotopic (exact) mass is 283 g/mol. The van der Waals surface area contributed by atoms with E-state index in [1.54, 1.807) is 0 Å². The van der Waals surface area contributed by atoms with E-state index in [1.165, 1.54) is 30.5 Å². The lowest BCUT2D eigenvalue weighted by Crippen LogP contribution is -2.48. The van der Waals surface area contributed by atoms with Gasteiger partial charge in [-0.1, -0.05) is 43.2 Å². The zero-order chi connectivity index (χ0) is 14.7. The molecule has 2 atom stereocenters. The molecule has 0 radical (unpaired) electrons. The highest BCUT2D eigenvalue weighted by atomic mass is 15.2. The Labute approximate surface area is 127 Å². The second-order valence-electron chi connectivity index (χ2n) is 6.39. The van der Waals surface area contributed by atoms with Crippen molar-refractivity contribution in [2.75, 3.05) is 0 Å². The molecular weight excluding hydrogens is 258 g/mol. The lowest BCUT2D eigenvalue weighted by Gasteiger charge is -2.42. The average Bonchev–Trinajstić information content (AvgIpc) is 2.92. The molecule has 0 bridgehead atoms. The number of aryl methyl sites for hydroxylation is 2. The lowest BCUT2D eigenvalue weighted by atomic mass is 9.68. The van der Waals surface area contributed by atoms with Crippen molar-refractivity contribution in [3.05, 3.63) is 53.9 Å². The number of rotatable bonds is 4. The molecule has 1 heterocycles. The van der Waals surface area contributed by atoms with Crippen molar-refractivity contribution in [2.24, 2.45) is 12.8 Å². The highest BCUT2D eigenvalue weighted by Gasteiger charge is 2.37. The molecule has 112 valence electrons. The summed E-state index contributed by atoms with van der Waals surface area (Å²) in [6.45, 7) is 0. The Balaban J connectivity index is 1.77. The van der Waals surface area contributed by atoms with Crippen molar-refractivity contribution in [1.29, 1.82) is 0 Å². The lowest BCUT2D eigenvalue weighted by molar-refractivity contribution is 0.234. The molecule has 0 amide bonds. The second kappa shape index (κ2) is 6.02. The standard InChI is InChI=1S/C18H25N3/c1-21-16(11-14-20-21)10-13-18(19)12-6-5-9-17(18)15-7-3-2-4-8-15/h2-4,7-8,11,14,17H,5-6,9-10,12-13,19H2,1H3. The molecule has 1 aliphatic rings. The molecule has 3 nitrogen and oxygen atoms in total. The molecule has 3 rings (SSSR count). The summed E-state index contributed by atoms with van der Waals surface area (Å²) in [7, 11) is 2.01. The highest BCUT2D eigenvalue weighted by molar-refractivity contribution is 5.25. The van der Waals surface area contributed by atoms with Gasteiger partial charge in [-0.3, -0.25) is 4.68 Å². The first-order chi connectivity index (χ1) is 10.2. The van der Waals surface area contributed by atoms with Crippen LogP contribution in [-0.4, -0.2) is 15.3 Å². The van der Waals surface area contributed by atoms with Crippen LogP contribution in [-0.2, 0) is 13.5 Å². The van der Waals surface area contributed by atoms with Gasteiger partial charge in [0.15, 0.2) is 0 Å². The fourth-order valence-electron chi connectivity index (χ4n) is 3.75. The number of hydrogen-bond acceptors (Lipinski definition) is 2. The number of aromatic nitrogens is 2. The maximum absolute atomic E-state index is 6.87. The second-order valence-corrected chi connectivity index (χ2v) is 6.39. The van der Waals surface area contributed by atoms with E-state index in [9.17, 15) is 0 Å². The van der Waals surface area contributed by atoms with E-state index in [-0.39, 0.29) is 5.54 Å². The molecule has 1 fully saturated rings. The predicted molar refractivity (Wildman–Crippen MR) is 86.1 cm³/mol. The van der Waals surface area contributed by atoms with Crippen molar-refractivity contribution >= 4 is 0 Å². The Kier molecular flexibility index (Phi) is 4.11. The van der Waals surface area contributed by atoms with Crippen LogP contribution in [0.5, 0.6) is 0 Å². The van der Waals surface area contributed by atoms with E-state index in [0.717, 1.165) is 19.3 Å². The molecule has 0 saturated heterocycles. The topological polar surface area (TPSA) is 43.8 Å². The van der Waals surface area contributed by atoms with Crippen molar-refractivity contribution in [3.8, 4) is 0 Å². The van der Waals surface area contributed by atoms with Gasteiger partial charge in [-0.25, -0.2) is 0 Å². The predicted octanol–water partition coefficient (Wildman–Crippen LogP) is 3.41. The molecule has 0 aliphatic heterocycles. The molecule has 1 aliphatic carbocycles. The van der Waals surface area contributed by atoms with Crippen LogP contribution in [0.15, 0.2) is 42.6 Å². The number of nitrogens with two attached hydrogens (primary N) is 1. The average molecular weight is 283 g/mol. The van der Waals surface area contributed by atoms with Gasteiger partial charge in [-0.05, 0) is 37.3 Å². The van der Waals surface area contributed by atoms with Gasteiger partial charge >= 0.3 is 0 Å². The minimum atomic E-state index is -0.0795. The summed E-state index contributed by atoms with van der Waals surface area (Å²) in [5, 5.41) is 4.26. The van der Waals surface area contributed by atoms with Crippen LogP contribution in [0, 0.1) is 0 Å². The van der Waals surface area contributed by atoms with Crippen LogP contribution in [0.1, 0.15) is 49.3 Å². The normalized spacial score (nSPS) is 25.9. The van der Waals surface area contributed by atoms with Crippen LogP contribution in [0.3, 0.4) is 0 Å². The van der Waals surface area contributed by atoms with Crippen LogP contribution in [0.2, 0.25) is 0 Å². The number of nitrogens with zero attached hydrogens (tertiary/aromatic N) is 2. The first kappa shape index (κ1) is 14.3. The Bertz CT molecular complexity index is 575. The molecule has 0 spiro atoms. The van der Waals surface area contributed by atoms with Gasteiger partial charge in [0.25, 0.3) is 0 Å². The zero-order valence-electron chi connectivity index (χ0n) is 12.8. The summed E-state index contributed by atoms with van der Waals surface area (Å²) < 4.78 is 1.96. The van der Waals surface area contributed by atoms with Crippen molar-refractivity contribution in [2.45, 2.75) is 50.0 Å². The number of hydrogen-bond donors (Lipinski definition) is 1. The summed E-state index contributed by atoms with van der Waals surface area (Å²) in [6.07, 6.45) is 8.81. The molecule has 21 heavy (non-hydrogen) atoms. The molecule has 3 heteroatoms. The van der Waals surface area contributed by atoms with Gasteiger partial charge in [0.05, 0.1) is 0 Å². The molecule has 1 aromatic carbocycles. The Hall–Kier alpha value is -1.61. The van der Waals surface area contributed by atoms with Crippen molar-refractivity contribution in [1.82, 2.24) is 9.78 Å². The Morgan fingerprint density at radius 1 is 1.24 bits per heavy atom. The third-order valence-electron chi connectivity index (χ3n) is 5.05. The van der Waals surface area contributed by atoms with Crippen LogP contribution >= 0.6 is 0 Å². The third kappa shape index (κ3) is 3.03. The zero-order valence-corrected chi connectivity index (χ0v) is 12.8. The van der Waals surface area contributed by atoms with E-state index in [1.807, 2.05) is 17.9 Å². The molecule has 2 N–H and O–H groups in total. The van der Waals surface area contributed by atoms with E-state index in [4.69, 9.17) is 5.73 Å². The minimum absolute atomic E-state index is 0.0795. The van der Waals surface area contributed by atoms with Gasteiger partial charge in [0.2, 0.25) is 0 Å². The summed E-state index contributed by atoms with van der Waals surface area (Å²) in [4.78, 5) is 0. The van der Waals surface area contributed by atoms with Crippen LogP contribution < -0.4 is 5.73 Å². The maximum Gasteiger partial charge on any atom is 0.0492 e. The Morgan fingerprint density at radius 3 is 2.76 bits per heavy atom. The van der Waals surface area contributed by atoms with Gasteiger partial charge in [0.1, 0.15) is 0 Å².